The highest BCUT2D eigenvalue weighted by Crippen LogP contribution is 2.37. The van der Waals surface area contributed by atoms with E-state index in [0.29, 0.717) is 22.3 Å². The summed E-state index contributed by atoms with van der Waals surface area (Å²) >= 11 is 0.341. The molecule has 0 radical (unpaired) electrons. The van der Waals surface area contributed by atoms with Crippen LogP contribution in [0.4, 0.5) is 27.6 Å². The molecule has 1 aliphatic heterocycles. The number of amides is 1. The molecule has 5 nitrogen and oxygen atoms in total. The summed E-state index contributed by atoms with van der Waals surface area (Å²) in [6.45, 7) is -1.35. The van der Waals surface area contributed by atoms with Crippen LogP contribution in [0, 0.1) is 11.8 Å². The Morgan fingerprint density at radius 1 is 1.22 bits per heavy atom. The van der Waals surface area contributed by atoms with Crippen LogP contribution in [0.1, 0.15) is 0 Å². The van der Waals surface area contributed by atoms with E-state index in [1.807, 2.05) is 0 Å². The van der Waals surface area contributed by atoms with E-state index in [9.17, 15) is 31.5 Å². The van der Waals surface area contributed by atoms with Gasteiger partial charge in [0.25, 0.3) is 5.76 Å². The number of nitrogens with one attached hydrogen (secondary N) is 1. The first-order valence-electron chi connectivity index (χ1n) is 7.43. The predicted octanol–water partition coefficient (Wildman–Crippen LogP) is 3.56. The van der Waals surface area contributed by atoms with Crippen LogP contribution < -0.4 is 5.32 Å². The number of rotatable bonds is 6. The Morgan fingerprint density at radius 3 is 2.26 bits per heavy atom. The van der Waals surface area contributed by atoms with Crippen molar-refractivity contribution in [2.45, 2.75) is 16.8 Å². The number of nitrogens with zero attached hydrogens (tertiary/aromatic N) is 1. The lowest BCUT2D eigenvalue weighted by atomic mass is 9.96. The van der Waals surface area contributed by atoms with Crippen LogP contribution in [0.3, 0.4) is 0 Å². The molecule has 0 saturated carbocycles. The minimum absolute atomic E-state index is 0. The second-order valence-corrected chi connectivity index (χ2v) is 6.80. The average Bonchev–Trinajstić information content (AvgIpc) is 2.93. The summed E-state index contributed by atoms with van der Waals surface area (Å²) in [6, 6.07) is 5.54. The Kier molecular flexibility index (Phi) is 8.30. The van der Waals surface area contributed by atoms with E-state index in [0.717, 1.165) is 4.90 Å². The molecule has 1 aromatic rings. The molecule has 0 spiro atoms. The van der Waals surface area contributed by atoms with Gasteiger partial charge in [-0.1, -0.05) is 11.8 Å². The van der Waals surface area contributed by atoms with Crippen molar-refractivity contribution in [1.29, 1.82) is 0 Å². The van der Waals surface area contributed by atoms with E-state index >= 15 is 0 Å². The number of hydrogen-bond donors (Lipinski definition) is 2. The second-order valence-electron chi connectivity index (χ2n) is 5.74. The number of carbonyl (C=O) groups excluding carboxylic acids is 1. The molecule has 152 valence electrons. The van der Waals surface area contributed by atoms with Crippen molar-refractivity contribution in [3.63, 3.8) is 0 Å². The van der Waals surface area contributed by atoms with Crippen molar-refractivity contribution in [3.8, 4) is 0 Å². The van der Waals surface area contributed by atoms with Crippen molar-refractivity contribution in [3.05, 3.63) is 24.3 Å². The fraction of sp³-hybridized carbons (Fsp3) is 0.467. The highest BCUT2D eigenvalue weighted by atomic mass is 35.5. The van der Waals surface area contributed by atoms with Gasteiger partial charge in [-0.2, -0.15) is 22.0 Å². The molecular formula is C15H16ClF5N2O3S. The summed E-state index contributed by atoms with van der Waals surface area (Å²) in [6.07, 6.45) is -4.66. The molecule has 0 bridgehead atoms. The molecule has 27 heavy (non-hydrogen) atoms. The molecular weight excluding hydrogens is 419 g/mol. The molecule has 1 amide bonds. The van der Waals surface area contributed by atoms with E-state index < -0.39 is 48.7 Å². The van der Waals surface area contributed by atoms with Crippen LogP contribution in [0.5, 0.6) is 0 Å². The zero-order chi connectivity index (χ0) is 19.5. The summed E-state index contributed by atoms with van der Waals surface area (Å²) in [4.78, 5) is 24.4. The highest BCUT2D eigenvalue weighted by molar-refractivity contribution is 7.99. The minimum atomic E-state index is -4.66. The van der Waals surface area contributed by atoms with Gasteiger partial charge in [-0.3, -0.25) is 14.5 Å². The number of halogens is 6. The first kappa shape index (κ1) is 23.4. The van der Waals surface area contributed by atoms with E-state index in [-0.39, 0.29) is 19.0 Å². The van der Waals surface area contributed by atoms with Gasteiger partial charge in [0, 0.05) is 23.7 Å². The van der Waals surface area contributed by atoms with E-state index in [2.05, 4.69) is 5.32 Å². The van der Waals surface area contributed by atoms with Crippen molar-refractivity contribution in [1.82, 2.24) is 4.90 Å². The third kappa shape index (κ3) is 6.82. The van der Waals surface area contributed by atoms with Crippen LogP contribution in [-0.2, 0) is 9.59 Å². The molecule has 2 rings (SSSR count). The zero-order valence-corrected chi connectivity index (χ0v) is 15.2. The lowest BCUT2D eigenvalue weighted by Crippen LogP contribution is -2.34. The largest absolute Gasteiger partial charge is 0.481 e. The summed E-state index contributed by atoms with van der Waals surface area (Å²) in [7, 11) is 0. The number of carboxylic acid groups (broad SMARTS) is 1. The molecule has 2 N–H and O–H groups in total. The minimum Gasteiger partial charge on any atom is -0.481 e. The second kappa shape index (κ2) is 9.56. The number of likely N-dealkylation sites (tertiary alicyclic amines) is 1. The van der Waals surface area contributed by atoms with Crippen LogP contribution >= 0.6 is 24.2 Å². The summed E-state index contributed by atoms with van der Waals surface area (Å²) < 4.78 is 63.2. The average molecular weight is 435 g/mol. The van der Waals surface area contributed by atoms with Gasteiger partial charge < -0.3 is 10.4 Å². The van der Waals surface area contributed by atoms with Gasteiger partial charge >= 0.3 is 12.1 Å². The molecule has 1 aliphatic rings. The third-order valence-electron chi connectivity index (χ3n) is 3.86. The molecule has 1 aromatic carbocycles. The lowest BCUT2D eigenvalue weighted by Gasteiger charge is -2.18. The normalized spacial score (nSPS) is 20.4. The maximum absolute atomic E-state index is 12.9. The van der Waals surface area contributed by atoms with E-state index in [1.54, 1.807) is 0 Å². The van der Waals surface area contributed by atoms with Crippen molar-refractivity contribution < 1.29 is 36.6 Å². The number of thioether (sulfide) groups is 1. The quantitative estimate of drug-likeness (QED) is 0.529. The van der Waals surface area contributed by atoms with E-state index in [4.69, 9.17) is 5.11 Å². The molecule has 1 saturated heterocycles. The number of aliphatic carboxylic acids is 1. The highest BCUT2D eigenvalue weighted by Gasteiger charge is 2.52. The Morgan fingerprint density at radius 2 is 1.81 bits per heavy atom. The first-order chi connectivity index (χ1) is 12.1. The van der Waals surface area contributed by atoms with E-state index in [1.165, 1.54) is 24.3 Å². The maximum atomic E-state index is 12.9. The Hall–Kier alpha value is -1.59. The van der Waals surface area contributed by atoms with Gasteiger partial charge in [-0.25, -0.2) is 0 Å². The fourth-order valence-corrected chi connectivity index (χ4v) is 3.22. The Bertz CT molecular complexity index is 660. The summed E-state index contributed by atoms with van der Waals surface area (Å²) in [5.41, 5.74) is 0.301. The standard InChI is InChI=1S/C15H15F5N2O3S.ClH/c16-14(17)26-9-3-1-8(2-4-9)21-12(23)7-22-5-10(13(24)25)11(6-22)15(18,19)20;/h1-4,10-11,14H,5-7H2,(H,21,23)(H,24,25);1H/t10-,11-;/m1./s1. The third-order valence-corrected chi connectivity index (χ3v) is 4.59. The summed E-state index contributed by atoms with van der Waals surface area (Å²) in [5.74, 6) is -8.39. The summed E-state index contributed by atoms with van der Waals surface area (Å²) in [5, 5.41) is 11.4. The van der Waals surface area contributed by atoms with Gasteiger partial charge in [0.1, 0.15) is 0 Å². The molecule has 2 atom stereocenters. The molecule has 0 unspecified atom stereocenters. The number of anilines is 1. The van der Waals surface area contributed by atoms with Gasteiger partial charge in [-0.15, -0.1) is 12.4 Å². The molecule has 1 heterocycles. The van der Waals surface area contributed by atoms with Gasteiger partial charge in [0.05, 0.1) is 18.4 Å². The first-order valence-corrected chi connectivity index (χ1v) is 8.31. The Labute approximate surface area is 161 Å². The Balaban J connectivity index is 0.00000364. The van der Waals surface area contributed by atoms with Gasteiger partial charge in [0.15, 0.2) is 0 Å². The SMILES string of the molecule is Cl.O=C(CN1C[C@@H](C(F)(F)F)[C@H](C(=O)O)C1)Nc1ccc(SC(F)F)cc1. The van der Waals surface area contributed by atoms with Gasteiger partial charge in [0.2, 0.25) is 5.91 Å². The molecule has 0 aromatic heterocycles. The topological polar surface area (TPSA) is 69.6 Å². The van der Waals surface area contributed by atoms with Crippen LogP contribution in [0.25, 0.3) is 0 Å². The smallest absolute Gasteiger partial charge is 0.393 e. The van der Waals surface area contributed by atoms with Crippen LogP contribution in [0.2, 0.25) is 0 Å². The lowest BCUT2D eigenvalue weighted by molar-refractivity contribution is -0.188. The number of carbonyl (C=O) groups is 2. The van der Waals surface area contributed by atoms with Crippen LogP contribution in [0.15, 0.2) is 29.2 Å². The van der Waals surface area contributed by atoms with Crippen molar-refractivity contribution in [2.75, 3.05) is 25.0 Å². The number of benzene rings is 1. The van der Waals surface area contributed by atoms with Crippen molar-refractivity contribution in [2.24, 2.45) is 11.8 Å². The number of hydrogen-bond acceptors (Lipinski definition) is 4. The van der Waals surface area contributed by atoms with Crippen molar-refractivity contribution >= 4 is 41.7 Å². The van der Waals surface area contributed by atoms with Crippen LogP contribution in [-0.4, -0.2) is 53.5 Å². The maximum Gasteiger partial charge on any atom is 0.393 e. The number of alkyl halides is 5. The molecule has 1 fully saturated rings. The monoisotopic (exact) mass is 434 g/mol. The molecule has 0 aliphatic carbocycles. The fourth-order valence-electron chi connectivity index (χ4n) is 2.72. The van der Waals surface area contributed by atoms with Gasteiger partial charge in [-0.05, 0) is 24.3 Å². The predicted molar refractivity (Wildman–Crippen MR) is 91.3 cm³/mol. The molecule has 12 heteroatoms. The zero-order valence-electron chi connectivity index (χ0n) is 13.6. The number of carboxylic acids is 1.